The number of urea groups is 1. The van der Waals surface area contributed by atoms with Crippen LogP contribution in [-0.2, 0) is 35.1 Å². The van der Waals surface area contributed by atoms with Gasteiger partial charge in [0.1, 0.15) is 28.9 Å². The van der Waals surface area contributed by atoms with Crippen molar-refractivity contribution in [1.82, 2.24) is 16.0 Å². The monoisotopic (exact) mass is 703 g/mol. The number of rotatable bonds is 14. The minimum absolute atomic E-state index is 0.0274. The Kier molecular flexibility index (Phi) is 15.2. The van der Waals surface area contributed by atoms with Crippen LogP contribution in [-0.4, -0.2) is 59.4 Å². The van der Waals surface area contributed by atoms with E-state index in [-0.39, 0.29) is 12.8 Å². The predicted octanol–water partition coefficient (Wildman–Crippen LogP) is 5.39. The molecule has 1 aromatic rings. The predicted molar refractivity (Wildman–Crippen MR) is 171 cm³/mol. The lowest BCUT2D eigenvalue weighted by molar-refractivity contribution is -0.159. The summed E-state index contributed by atoms with van der Waals surface area (Å²) in [4.78, 5) is 51.1. The number of nitrogens with one attached hydrogen (secondary N) is 3. The summed E-state index contributed by atoms with van der Waals surface area (Å²) in [5.74, 6) is -1.75. The first-order chi connectivity index (χ1) is 19.3. The van der Waals surface area contributed by atoms with Gasteiger partial charge in [-0.25, -0.2) is 14.4 Å². The highest BCUT2D eigenvalue weighted by Gasteiger charge is 2.31. The molecule has 3 N–H and O–H groups in total. The lowest BCUT2D eigenvalue weighted by Gasteiger charge is -2.27. The van der Waals surface area contributed by atoms with Crippen molar-refractivity contribution in [2.75, 3.05) is 6.54 Å². The zero-order valence-electron chi connectivity index (χ0n) is 26.6. The topological polar surface area (TPSA) is 132 Å². The van der Waals surface area contributed by atoms with Gasteiger partial charge in [-0.05, 0) is 129 Å². The van der Waals surface area contributed by atoms with Crippen LogP contribution in [0.1, 0.15) is 100.0 Å². The van der Waals surface area contributed by atoms with Crippen LogP contribution in [0, 0.1) is 3.57 Å². The summed E-state index contributed by atoms with van der Waals surface area (Å²) < 4.78 is 17.5. The van der Waals surface area contributed by atoms with E-state index in [0.717, 1.165) is 19.5 Å². The molecule has 0 aliphatic rings. The van der Waals surface area contributed by atoms with Crippen LogP contribution in [0.3, 0.4) is 0 Å². The lowest BCUT2D eigenvalue weighted by Crippen LogP contribution is -2.53. The second kappa shape index (κ2) is 17.0. The molecule has 0 heterocycles. The maximum absolute atomic E-state index is 13.0. The zero-order valence-corrected chi connectivity index (χ0v) is 28.8. The first-order valence-corrected chi connectivity index (χ1v) is 15.5. The number of carbonyl (C=O) groups excluding carboxylic acids is 4. The molecule has 10 nitrogen and oxygen atoms in total. The number of carbonyl (C=O) groups is 4. The number of hydrogen-bond donors (Lipinski definition) is 3. The van der Waals surface area contributed by atoms with Crippen molar-refractivity contribution < 1.29 is 33.4 Å². The van der Waals surface area contributed by atoms with Crippen LogP contribution in [0.2, 0.25) is 0 Å². The Morgan fingerprint density at radius 3 is 1.74 bits per heavy atom. The number of ether oxygens (including phenoxy) is 3. The van der Waals surface area contributed by atoms with Gasteiger partial charge in [0.2, 0.25) is 0 Å². The van der Waals surface area contributed by atoms with Crippen molar-refractivity contribution in [1.29, 1.82) is 0 Å². The average molecular weight is 704 g/mol. The van der Waals surface area contributed by atoms with Crippen molar-refractivity contribution in [2.45, 2.75) is 130 Å². The summed E-state index contributed by atoms with van der Waals surface area (Å²) in [6.07, 6.45) is 1.65. The molecule has 0 aromatic heterocycles. The van der Waals surface area contributed by atoms with E-state index in [1.165, 1.54) is 9.13 Å². The van der Waals surface area contributed by atoms with Gasteiger partial charge in [-0.15, -0.1) is 0 Å². The maximum Gasteiger partial charge on any atom is 0.329 e. The quantitative estimate of drug-likeness (QED) is 0.102. The zero-order chi connectivity index (χ0) is 32.1. The molecule has 0 radical (unpaired) electrons. The number of halogens is 1. The normalized spacial score (nSPS) is 13.5. The fourth-order valence-electron chi connectivity index (χ4n) is 3.72. The van der Waals surface area contributed by atoms with E-state index in [2.05, 4.69) is 50.7 Å². The molecule has 11 heteroatoms. The molecule has 0 unspecified atom stereocenters. The lowest BCUT2D eigenvalue weighted by atomic mass is 10.1. The first kappa shape index (κ1) is 37.6. The Balaban J connectivity index is 2.82. The van der Waals surface area contributed by atoms with Crippen LogP contribution < -0.4 is 16.0 Å². The number of unbranched alkanes of at least 4 members (excludes halogenated alkanes) is 1. The molecule has 0 saturated carbocycles. The molecule has 2 amide bonds. The van der Waals surface area contributed by atoms with Gasteiger partial charge in [-0.1, -0.05) is 18.2 Å². The third-order valence-electron chi connectivity index (χ3n) is 5.42. The number of hydrogen-bond acceptors (Lipinski definition) is 8. The highest BCUT2D eigenvalue weighted by atomic mass is 127. The van der Waals surface area contributed by atoms with Crippen molar-refractivity contribution >= 4 is 46.5 Å². The Morgan fingerprint density at radius 1 is 0.738 bits per heavy atom. The van der Waals surface area contributed by atoms with Gasteiger partial charge in [-0.3, -0.25) is 4.79 Å². The van der Waals surface area contributed by atoms with Crippen LogP contribution >= 0.6 is 22.6 Å². The minimum Gasteiger partial charge on any atom is -0.460 e. The summed E-state index contributed by atoms with van der Waals surface area (Å²) >= 11 is 2.31. The minimum atomic E-state index is -1.12. The van der Waals surface area contributed by atoms with Gasteiger partial charge in [-0.2, -0.15) is 0 Å². The number of esters is 3. The first-order valence-electron chi connectivity index (χ1n) is 14.4. The summed E-state index contributed by atoms with van der Waals surface area (Å²) in [6, 6.07) is 5.36. The van der Waals surface area contributed by atoms with E-state index in [9.17, 15) is 19.2 Å². The largest absolute Gasteiger partial charge is 0.460 e. The summed E-state index contributed by atoms with van der Waals surface area (Å²) in [5.41, 5.74) is -1.01. The Morgan fingerprint density at radius 2 is 1.24 bits per heavy atom. The molecule has 0 aliphatic carbocycles. The molecular formula is C31H50IN3O7. The second-order valence-electron chi connectivity index (χ2n) is 13.2. The smallest absolute Gasteiger partial charge is 0.329 e. The molecule has 0 spiro atoms. The third-order valence-corrected chi connectivity index (χ3v) is 6.47. The van der Waals surface area contributed by atoms with E-state index in [1.807, 2.05) is 12.1 Å². The van der Waals surface area contributed by atoms with Gasteiger partial charge < -0.3 is 30.2 Å². The molecule has 238 valence electrons. The van der Waals surface area contributed by atoms with E-state index in [0.29, 0.717) is 12.8 Å². The van der Waals surface area contributed by atoms with E-state index in [4.69, 9.17) is 14.2 Å². The van der Waals surface area contributed by atoms with E-state index in [1.54, 1.807) is 62.3 Å². The highest BCUT2D eigenvalue weighted by molar-refractivity contribution is 14.1. The molecule has 0 saturated heterocycles. The molecule has 1 aromatic carbocycles. The van der Waals surface area contributed by atoms with Crippen molar-refractivity contribution in [2.24, 2.45) is 0 Å². The highest BCUT2D eigenvalue weighted by Crippen LogP contribution is 2.15. The van der Waals surface area contributed by atoms with Crippen molar-refractivity contribution in [3.63, 3.8) is 0 Å². The van der Waals surface area contributed by atoms with Gasteiger partial charge in [0.05, 0.1) is 0 Å². The molecule has 0 bridgehead atoms. The van der Waals surface area contributed by atoms with Gasteiger partial charge in [0, 0.05) is 16.5 Å². The van der Waals surface area contributed by atoms with Gasteiger partial charge >= 0.3 is 23.9 Å². The average Bonchev–Trinajstić information content (AvgIpc) is 2.80. The van der Waals surface area contributed by atoms with Crippen molar-refractivity contribution in [3.8, 4) is 0 Å². The Hall–Kier alpha value is -2.41. The van der Waals surface area contributed by atoms with E-state index >= 15 is 0 Å². The fourth-order valence-corrected chi connectivity index (χ4v) is 4.30. The van der Waals surface area contributed by atoms with Crippen LogP contribution in [0.5, 0.6) is 0 Å². The molecule has 1 rings (SSSR count). The Labute approximate surface area is 264 Å². The summed E-state index contributed by atoms with van der Waals surface area (Å²) in [5, 5.41) is 8.66. The molecule has 0 fully saturated rings. The molecular weight excluding hydrogens is 653 g/mol. The van der Waals surface area contributed by atoms with Gasteiger partial charge in [0.25, 0.3) is 0 Å². The maximum atomic E-state index is 13.0. The number of amides is 2. The van der Waals surface area contributed by atoms with Crippen LogP contribution in [0.15, 0.2) is 24.3 Å². The summed E-state index contributed by atoms with van der Waals surface area (Å²) in [7, 11) is 0. The van der Waals surface area contributed by atoms with Crippen molar-refractivity contribution in [3.05, 3.63) is 33.4 Å². The molecule has 2 atom stereocenters. The molecule has 0 aliphatic heterocycles. The standard InChI is InChI=1S/C31H50IN3O7/c1-29(2,3)40-25(36)18-17-24(27(38)42-31(7,8)9)35-28(39)34-23(26(37)41-30(4,5)6)16-12-13-19-33-20-21-14-10-11-15-22(21)32/h10-11,14-15,23-24,33H,12-13,16-20H2,1-9H3,(H2,34,35,39)/t23-,24-/m0/s1. The Bertz CT molecular complexity index is 1040. The summed E-state index contributed by atoms with van der Waals surface area (Å²) in [6.45, 7) is 17.1. The number of benzene rings is 1. The third kappa shape index (κ3) is 17.5. The van der Waals surface area contributed by atoms with E-state index < -0.39 is 52.8 Å². The second-order valence-corrected chi connectivity index (χ2v) is 14.3. The van der Waals surface area contributed by atoms with Crippen LogP contribution in [0.25, 0.3) is 0 Å². The van der Waals surface area contributed by atoms with Gasteiger partial charge in [0.15, 0.2) is 0 Å². The molecule has 42 heavy (non-hydrogen) atoms. The fraction of sp³-hybridized carbons (Fsp3) is 0.677. The SMILES string of the molecule is CC(C)(C)OC(=O)CC[C@H](NC(=O)N[C@@H](CCCCNCc1ccccc1I)C(=O)OC(C)(C)C)C(=O)OC(C)(C)C. The van der Waals surface area contributed by atoms with Crippen LogP contribution in [0.4, 0.5) is 4.79 Å².